The third-order valence-electron chi connectivity index (χ3n) is 3.91. The molecule has 1 aromatic heterocycles. The summed E-state index contributed by atoms with van der Waals surface area (Å²) in [5.41, 5.74) is -0.445. The minimum atomic E-state index is -2.10. The molecule has 1 aliphatic rings. The fourth-order valence-corrected chi connectivity index (χ4v) is 3.01. The number of halogens is 1. The van der Waals surface area contributed by atoms with Crippen molar-refractivity contribution in [1.82, 2.24) is 10.3 Å². The Morgan fingerprint density at radius 2 is 2.07 bits per heavy atom. The van der Waals surface area contributed by atoms with Crippen molar-refractivity contribution in [3.05, 3.63) is 30.1 Å². The quantitative estimate of drug-likeness (QED) is 0.433. The lowest BCUT2D eigenvalue weighted by atomic mass is 10.1. The number of aromatic nitrogens is 1. The Morgan fingerprint density at radius 3 is 2.61 bits per heavy atom. The summed E-state index contributed by atoms with van der Waals surface area (Å²) in [4.78, 5) is 27.1. The number of carbonyl (C=O) groups is 2. The molecule has 8 nitrogen and oxygen atoms in total. The molecule has 0 bridgehead atoms. The van der Waals surface area contributed by atoms with Crippen LogP contribution in [0.5, 0.6) is 0 Å². The lowest BCUT2D eigenvalue weighted by Gasteiger charge is -2.36. The molecule has 1 aliphatic heterocycles. The second-order valence-corrected chi connectivity index (χ2v) is 7.99. The molecule has 1 saturated heterocycles. The van der Waals surface area contributed by atoms with Gasteiger partial charge in [0.2, 0.25) is 5.00 Å². The first kappa shape index (κ1) is 22.4. The van der Waals surface area contributed by atoms with Crippen LogP contribution in [0.25, 0.3) is 0 Å². The number of amides is 1. The number of esters is 1. The third kappa shape index (κ3) is 6.05. The lowest BCUT2D eigenvalue weighted by molar-refractivity contribution is -0.204. The predicted molar refractivity (Wildman–Crippen MR) is 102 cm³/mol. The Bertz CT molecular complexity index is 660. The first-order chi connectivity index (χ1) is 13.2. The van der Waals surface area contributed by atoms with Crippen LogP contribution in [0, 0.1) is 0 Å². The Labute approximate surface area is 169 Å². The average molecular weight is 415 g/mol. The van der Waals surface area contributed by atoms with Crippen LogP contribution in [-0.4, -0.2) is 47.7 Å². The topological polar surface area (TPSA) is 96.0 Å². The maximum absolute atomic E-state index is 12.6. The number of alkyl carbamates (subject to hydrolysis) is 1. The van der Waals surface area contributed by atoms with E-state index in [9.17, 15) is 9.59 Å². The summed E-state index contributed by atoms with van der Waals surface area (Å²) in [5, 5.41) is 2.40. The van der Waals surface area contributed by atoms with E-state index < -0.39 is 35.1 Å². The van der Waals surface area contributed by atoms with E-state index in [-0.39, 0.29) is 0 Å². The second kappa shape index (κ2) is 9.54. The summed E-state index contributed by atoms with van der Waals surface area (Å²) in [6.07, 6.45) is 1.35. The van der Waals surface area contributed by atoms with E-state index in [4.69, 9.17) is 30.5 Å². The number of rotatable bonds is 6. The molecule has 1 aromatic rings. The summed E-state index contributed by atoms with van der Waals surface area (Å²) in [6.45, 7) is 5.63. The van der Waals surface area contributed by atoms with E-state index in [0.717, 1.165) is 12.8 Å². The van der Waals surface area contributed by atoms with E-state index in [1.54, 1.807) is 39.0 Å². The molecule has 28 heavy (non-hydrogen) atoms. The standard InChI is InChI=1S/C19H27ClN2O6/c1-18(2,3)28-17(24)22-19(20,16(23)25-4)15(13-9-5-7-11-21-13)27-14-10-6-8-12-26-14/h5,7,9,11,14-15H,6,8,10,12H2,1-4H3,(H,22,24). The highest BCUT2D eigenvalue weighted by Crippen LogP contribution is 2.36. The minimum absolute atomic E-state index is 0.341. The number of pyridine rings is 1. The predicted octanol–water partition coefficient (Wildman–Crippen LogP) is 3.30. The molecule has 1 amide bonds. The lowest BCUT2D eigenvalue weighted by Crippen LogP contribution is -2.57. The summed E-state index contributed by atoms with van der Waals surface area (Å²) in [6, 6.07) is 5.08. The van der Waals surface area contributed by atoms with Gasteiger partial charge in [-0.15, -0.1) is 0 Å². The van der Waals surface area contributed by atoms with Gasteiger partial charge in [-0.3, -0.25) is 10.3 Å². The van der Waals surface area contributed by atoms with Gasteiger partial charge in [-0.1, -0.05) is 17.7 Å². The first-order valence-electron chi connectivity index (χ1n) is 9.12. The van der Waals surface area contributed by atoms with Crippen LogP contribution in [0.3, 0.4) is 0 Å². The van der Waals surface area contributed by atoms with Crippen molar-refractivity contribution in [2.75, 3.05) is 13.7 Å². The smallest absolute Gasteiger partial charge is 0.409 e. The van der Waals surface area contributed by atoms with Gasteiger partial charge in [0.05, 0.1) is 12.8 Å². The molecule has 0 saturated carbocycles. The number of hydrogen-bond donors (Lipinski definition) is 1. The average Bonchev–Trinajstić information content (AvgIpc) is 2.65. The Balaban J connectivity index is 2.36. The number of nitrogens with zero attached hydrogens (tertiary/aromatic N) is 1. The molecule has 1 fully saturated rings. The van der Waals surface area contributed by atoms with Crippen LogP contribution < -0.4 is 5.32 Å². The van der Waals surface area contributed by atoms with E-state index in [0.29, 0.717) is 18.7 Å². The number of hydrogen-bond acceptors (Lipinski definition) is 7. The van der Waals surface area contributed by atoms with E-state index in [1.165, 1.54) is 13.3 Å². The van der Waals surface area contributed by atoms with Gasteiger partial charge in [-0.2, -0.15) is 0 Å². The van der Waals surface area contributed by atoms with E-state index in [2.05, 4.69) is 10.3 Å². The molecule has 2 rings (SSSR count). The molecular weight excluding hydrogens is 388 g/mol. The van der Waals surface area contributed by atoms with Crippen LogP contribution in [-0.2, 0) is 23.7 Å². The van der Waals surface area contributed by atoms with Gasteiger partial charge in [-0.05, 0) is 52.2 Å². The number of carbonyl (C=O) groups excluding carboxylic acids is 2. The number of ether oxygens (including phenoxy) is 4. The monoisotopic (exact) mass is 414 g/mol. The highest BCUT2D eigenvalue weighted by atomic mass is 35.5. The SMILES string of the molecule is COC(=O)C(Cl)(NC(=O)OC(C)(C)C)C(OC1CCCCO1)c1ccccn1. The molecule has 1 N–H and O–H groups in total. The summed E-state index contributed by atoms with van der Waals surface area (Å²) >= 11 is 6.63. The number of nitrogens with one attached hydrogen (secondary N) is 1. The zero-order valence-corrected chi connectivity index (χ0v) is 17.3. The molecule has 0 aliphatic carbocycles. The van der Waals surface area contributed by atoms with Crippen molar-refractivity contribution < 1.29 is 28.5 Å². The zero-order chi connectivity index (χ0) is 20.8. The van der Waals surface area contributed by atoms with Crippen LogP contribution in [0.2, 0.25) is 0 Å². The molecule has 3 unspecified atom stereocenters. The van der Waals surface area contributed by atoms with Crippen LogP contribution >= 0.6 is 11.6 Å². The maximum Gasteiger partial charge on any atom is 0.409 e. The van der Waals surface area contributed by atoms with E-state index in [1.807, 2.05) is 0 Å². The van der Waals surface area contributed by atoms with Crippen molar-refractivity contribution in [3.8, 4) is 0 Å². The minimum Gasteiger partial charge on any atom is -0.466 e. The normalized spacial score (nSPS) is 20.5. The van der Waals surface area contributed by atoms with Gasteiger partial charge in [0.1, 0.15) is 5.60 Å². The second-order valence-electron chi connectivity index (χ2n) is 7.40. The molecule has 9 heteroatoms. The largest absolute Gasteiger partial charge is 0.466 e. The Hall–Kier alpha value is -1.90. The summed E-state index contributed by atoms with van der Waals surface area (Å²) in [7, 11) is 1.17. The van der Waals surface area contributed by atoms with Gasteiger partial charge in [-0.25, -0.2) is 9.59 Å². The fourth-order valence-electron chi connectivity index (χ4n) is 2.69. The highest BCUT2D eigenvalue weighted by molar-refractivity contribution is 6.35. The maximum atomic E-state index is 12.6. The molecule has 0 radical (unpaired) electrons. The van der Waals surface area contributed by atoms with Crippen LogP contribution in [0.1, 0.15) is 51.8 Å². The Morgan fingerprint density at radius 1 is 1.32 bits per heavy atom. The molecule has 0 spiro atoms. The summed E-state index contributed by atoms with van der Waals surface area (Å²) in [5.74, 6) is -0.911. The Kier molecular flexibility index (Phi) is 7.63. The first-order valence-corrected chi connectivity index (χ1v) is 9.50. The van der Waals surface area contributed by atoms with Crippen LogP contribution in [0.15, 0.2) is 24.4 Å². The van der Waals surface area contributed by atoms with E-state index >= 15 is 0 Å². The van der Waals surface area contributed by atoms with Gasteiger partial charge in [0.15, 0.2) is 12.4 Å². The van der Waals surface area contributed by atoms with Crippen molar-refractivity contribution in [1.29, 1.82) is 0 Å². The molecule has 3 atom stereocenters. The molecule has 0 aromatic carbocycles. The number of alkyl halides is 1. The van der Waals surface area contributed by atoms with Crippen molar-refractivity contribution in [2.24, 2.45) is 0 Å². The van der Waals surface area contributed by atoms with Gasteiger partial charge in [0.25, 0.3) is 0 Å². The molecular formula is C19H27ClN2O6. The van der Waals surface area contributed by atoms with Crippen molar-refractivity contribution >= 4 is 23.7 Å². The van der Waals surface area contributed by atoms with Gasteiger partial charge >= 0.3 is 12.1 Å². The molecule has 156 valence electrons. The summed E-state index contributed by atoms with van der Waals surface area (Å²) < 4.78 is 21.7. The van der Waals surface area contributed by atoms with Crippen LogP contribution in [0.4, 0.5) is 4.79 Å². The molecule has 2 heterocycles. The highest BCUT2D eigenvalue weighted by Gasteiger charge is 2.51. The number of methoxy groups -OCH3 is 1. The third-order valence-corrected chi connectivity index (χ3v) is 4.36. The van der Waals surface area contributed by atoms with Gasteiger partial charge < -0.3 is 18.9 Å². The van der Waals surface area contributed by atoms with Gasteiger partial charge in [0, 0.05) is 12.8 Å². The zero-order valence-electron chi connectivity index (χ0n) is 16.6. The van der Waals surface area contributed by atoms with Crippen molar-refractivity contribution in [3.63, 3.8) is 0 Å². The van der Waals surface area contributed by atoms with Crippen molar-refractivity contribution in [2.45, 2.75) is 63.0 Å². The fraction of sp³-hybridized carbons (Fsp3) is 0.632.